The molecule has 0 saturated heterocycles. The molecule has 0 atom stereocenters. The van der Waals surface area contributed by atoms with Crippen molar-refractivity contribution < 1.29 is 18.3 Å². The molecule has 0 unspecified atom stereocenters. The van der Waals surface area contributed by atoms with Crippen LogP contribution in [0.5, 0.6) is 5.75 Å². The molecule has 0 aliphatic heterocycles. The van der Waals surface area contributed by atoms with Gasteiger partial charge in [0.2, 0.25) is 0 Å². The molecule has 0 radical (unpaired) electrons. The van der Waals surface area contributed by atoms with E-state index in [-0.39, 0.29) is 24.0 Å². The molecule has 0 aliphatic rings. The number of thiazole rings is 1. The number of rotatable bonds is 5. The number of halogens is 1. The molecule has 0 saturated carbocycles. The lowest BCUT2D eigenvalue weighted by Crippen LogP contribution is -2.25. The fourth-order valence-corrected chi connectivity index (χ4v) is 3.81. The Kier molecular flexibility index (Phi) is 4.83. The summed E-state index contributed by atoms with van der Waals surface area (Å²) in [6.07, 6.45) is 0. The summed E-state index contributed by atoms with van der Waals surface area (Å²) in [4.78, 5) is 18.7. The minimum absolute atomic E-state index is 0.171. The molecular formula is C21H17FN2O3S. The summed E-state index contributed by atoms with van der Waals surface area (Å²) < 4.78 is 25.6. The fourth-order valence-electron chi connectivity index (χ4n) is 2.89. The molecule has 0 N–H and O–H groups in total. The Morgan fingerprint density at radius 3 is 2.79 bits per heavy atom. The zero-order chi connectivity index (χ0) is 19.7. The Morgan fingerprint density at radius 2 is 2.04 bits per heavy atom. The number of amides is 1. The lowest BCUT2D eigenvalue weighted by Gasteiger charge is -2.16. The predicted molar refractivity (Wildman–Crippen MR) is 106 cm³/mol. The number of carbonyl (C=O) groups excluding carboxylic acids is 1. The van der Waals surface area contributed by atoms with E-state index >= 15 is 0 Å². The average molecular weight is 396 g/mol. The van der Waals surface area contributed by atoms with Gasteiger partial charge in [-0.3, -0.25) is 4.79 Å². The van der Waals surface area contributed by atoms with Gasteiger partial charge < -0.3 is 14.1 Å². The number of ether oxygens (including phenoxy) is 1. The standard InChI is InChI=1S/C21H17FN2O3S/c1-24(12-13-7-8-16(26-2)14(22)11-13)21(25)18-10-9-17(27-18)20-23-15-5-3-4-6-19(15)28-20/h3-11H,12H2,1-2H3. The van der Waals surface area contributed by atoms with Gasteiger partial charge in [-0.1, -0.05) is 18.2 Å². The predicted octanol–water partition coefficient (Wildman–Crippen LogP) is 4.98. The summed E-state index contributed by atoms with van der Waals surface area (Å²) in [5, 5.41) is 0.722. The van der Waals surface area contributed by atoms with Crippen molar-refractivity contribution in [1.82, 2.24) is 9.88 Å². The van der Waals surface area contributed by atoms with E-state index in [1.54, 1.807) is 31.3 Å². The van der Waals surface area contributed by atoms with Gasteiger partial charge in [-0.2, -0.15) is 0 Å². The molecule has 2 heterocycles. The van der Waals surface area contributed by atoms with E-state index in [0.29, 0.717) is 11.3 Å². The van der Waals surface area contributed by atoms with Gasteiger partial charge in [-0.15, -0.1) is 11.3 Å². The van der Waals surface area contributed by atoms with Gasteiger partial charge in [0.1, 0.15) is 0 Å². The zero-order valence-electron chi connectivity index (χ0n) is 15.3. The number of nitrogens with zero attached hydrogens (tertiary/aromatic N) is 2. The third kappa shape index (κ3) is 3.48. The van der Waals surface area contributed by atoms with Gasteiger partial charge in [0.05, 0.1) is 17.3 Å². The lowest BCUT2D eigenvalue weighted by molar-refractivity contribution is 0.0754. The second-order valence-electron chi connectivity index (χ2n) is 6.28. The molecule has 7 heteroatoms. The molecule has 0 fully saturated rings. The number of hydrogen-bond donors (Lipinski definition) is 0. The highest BCUT2D eigenvalue weighted by molar-refractivity contribution is 7.21. The quantitative estimate of drug-likeness (QED) is 0.478. The van der Waals surface area contributed by atoms with Crippen molar-refractivity contribution in [3.05, 3.63) is 71.7 Å². The van der Waals surface area contributed by atoms with Crippen LogP contribution < -0.4 is 4.74 Å². The lowest BCUT2D eigenvalue weighted by atomic mass is 10.2. The number of carbonyl (C=O) groups is 1. The zero-order valence-corrected chi connectivity index (χ0v) is 16.1. The largest absolute Gasteiger partial charge is 0.494 e. The molecular weight excluding hydrogens is 379 g/mol. The normalized spacial score (nSPS) is 11.0. The first-order chi connectivity index (χ1) is 13.5. The molecule has 0 spiro atoms. The Hall–Kier alpha value is -3.19. The highest BCUT2D eigenvalue weighted by atomic mass is 32.1. The summed E-state index contributed by atoms with van der Waals surface area (Å²) in [5.74, 6) is 0.184. The monoisotopic (exact) mass is 396 g/mol. The van der Waals surface area contributed by atoms with Crippen molar-refractivity contribution in [3.8, 4) is 16.5 Å². The second kappa shape index (κ2) is 7.44. The number of methoxy groups -OCH3 is 1. The molecule has 0 aliphatic carbocycles. The number of furan rings is 1. The summed E-state index contributed by atoms with van der Waals surface area (Å²) in [6, 6.07) is 15.8. The number of benzene rings is 2. The van der Waals surface area contributed by atoms with Gasteiger partial charge in [0.15, 0.2) is 28.1 Å². The molecule has 2 aromatic heterocycles. The SMILES string of the molecule is COc1ccc(CN(C)C(=O)c2ccc(-c3nc4ccccc4s3)o2)cc1F. The Balaban J connectivity index is 1.51. The van der Waals surface area contributed by atoms with Crippen LogP contribution in [0.4, 0.5) is 4.39 Å². The number of hydrogen-bond acceptors (Lipinski definition) is 5. The van der Waals surface area contributed by atoms with Crippen LogP contribution in [0.3, 0.4) is 0 Å². The molecule has 4 rings (SSSR count). The number of aromatic nitrogens is 1. The molecule has 142 valence electrons. The summed E-state index contributed by atoms with van der Waals surface area (Å²) >= 11 is 1.51. The van der Waals surface area contributed by atoms with E-state index < -0.39 is 5.82 Å². The molecule has 28 heavy (non-hydrogen) atoms. The average Bonchev–Trinajstić information content (AvgIpc) is 3.34. The van der Waals surface area contributed by atoms with E-state index in [1.807, 2.05) is 24.3 Å². The minimum Gasteiger partial charge on any atom is -0.494 e. The molecule has 1 amide bonds. The minimum atomic E-state index is -0.461. The Labute approximate surface area is 165 Å². The van der Waals surface area contributed by atoms with Crippen LogP contribution in [0.25, 0.3) is 21.0 Å². The van der Waals surface area contributed by atoms with E-state index in [0.717, 1.165) is 15.2 Å². The van der Waals surface area contributed by atoms with Gasteiger partial charge in [0, 0.05) is 13.6 Å². The maximum atomic E-state index is 13.9. The maximum Gasteiger partial charge on any atom is 0.289 e. The smallest absolute Gasteiger partial charge is 0.289 e. The van der Waals surface area contributed by atoms with Crippen LogP contribution >= 0.6 is 11.3 Å². The van der Waals surface area contributed by atoms with Crippen LogP contribution in [0.2, 0.25) is 0 Å². The third-order valence-electron chi connectivity index (χ3n) is 4.30. The van der Waals surface area contributed by atoms with Crippen LogP contribution in [0, 0.1) is 5.82 Å². The summed E-state index contributed by atoms with van der Waals surface area (Å²) in [7, 11) is 3.05. The first-order valence-electron chi connectivity index (χ1n) is 8.59. The first kappa shape index (κ1) is 18.2. The van der Waals surface area contributed by atoms with Crippen molar-refractivity contribution in [2.45, 2.75) is 6.54 Å². The summed E-state index contributed by atoms with van der Waals surface area (Å²) in [6.45, 7) is 0.247. The molecule has 4 aromatic rings. The third-order valence-corrected chi connectivity index (χ3v) is 5.36. The highest BCUT2D eigenvalue weighted by Gasteiger charge is 2.19. The van der Waals surface area contributed by atoms with Gasteiger partial charge in [-0.25, -0.2) is 9.37 Å². The number of para-hydroxylation sites is 1. The summed E-state index contributed by atoms with van der Waals surface area (Å²) in [5.41, 5.74) is 1.55. The van der Waals surface area contributed by atoms with Crippen LogP contribution in [-0.4, -0.2) is 29.9 Å². The molecule has 2 aromatic carbocycles. The van der Waals surface area contributed by atoms with Crippen LogP contribution in [0.1, 0.15) is 16.1 Å². The fraction of sp³-hybridized carbons (Fsp3) is 0.143. The van der Waals surface area contributed by atoms with Crippen molar-refractivity contribution in [3.63, 3.8) is 0 Å². The van der Waals surface area contributed by atoms with Crippen molar-refractivity contribution in [1.29, 1.82) is 0 Å². The van der Waals surface area contributed by atoms with Crippen LogP contribution in [0.15, 0.2) is 59.0 Å². The topological polar surface area (TPSA) is 55.6 Å². The highest BCUT2D eigenvalue weighted by Crippen LogP contribution is 2.31. The van der Waals surface area contributed by atoms with Crippen molar-refractivity contribution in [2.24, 2.45) is 0 Å². The molecule has 5 nitrogen and oxygen atoms in total. The maximum absolute atomic E-state index is 13.9. The Morgan fingerprint density at radius 1 is 1.21 bits per heavy atom. The van der Waals surface area contributed by atoms with E-state index in [4.69, 9.17) is 9.15 Å². The van der Waals surface area contributed by atoms with E-state index in [9.17, 15) is 9.18 Å². The second-order valence-corrected chi connectivity index (χ2v) is 7.31. The van der Waals surface area contributed by atoms with Crippen molar-refractivity contribution in [2.75, 3.05) is 14.2 Å². The Bertz CT molecular complexity index is 1120. The van der Waals surface area contributed by atoms with E-state index in [2.05, 4.69) is 4.98 Å². The van der Waals surface area contributed by atoms with Crippen molar-refractivity contribution >= 4 is 27.5 Å². The van der Waals surface area contributed by atoms with E-state index in [1.165, 1.54) is 29.4 Å². The van der Waals surface area contributed by atoms with Gasteiger partial charge >= 0.3 is 0 Å². The first-order valence-corrected chi connectivity index (χ1v) is 9.40. The van der Waals surface area contributed by atoms with Crippen LogP contribution in [-0.2, 0) is 6.54 Å². The van der Waals surface area contributed by atoms with Gasteiger partial charge in [-0.05, 0) is 42.0 Å². The number of fused-ring (bicyclic) bond motifs is 1. The molecule has 0 bridgehead atoms. The van der Waals surface area contributed by atoms with Gasteiger partial charge in [0.25, 0.3) is 5.91 Å².